The lowest BCUT2D eigenvalue weighted by Crippen LogP contribution is -2.24. The van der Waals surface area contributed by atoms with Crippen molar-refractivity contribution in [3.63, 3.8) is 0 Å². The summed E-state index contributed by atoms with van der Waals surface area (Å²) in [5.74, 6) is 0. The lowest BCUT2D eigenvalue weighted by Gasteiger charge is -2.26. The normalized spacial score (nSPS) is 16.8. The zero-order chi connectivity index (χ0) is 10.3. The smallest absolute Gasteiger partial charge is 0.0529 e. The third-order valence-corrected chi connectivity index (χ3v) is 3.07. The molecule has 0 atom stereocenters. The molecule has 0 saturated carbocycles. The highest BCUT2D eigenvalue weighted by molar-refractivity contribution is 5.51. The first-order chi connectivity index (χ1) is 6.50. The highest BCUT2D eigenvalue weighted by atomic mass is 15.1. The summed E-state index contributed by atoms with van der Waals surface area (Å²) in [5.41, 5.74) is 10.1. The highest BCUT2D eigenvalue weighted by Crippen LogP contribution is 2.32. The summed E-state index contributed by atoms with van der Waals surface area (Å²) >= 11 is 0. The van der Waals surface area contributed by atoms with E-state index in [1.807, 2.05) is 0 Å². The number of nitrogen functional groups attached to an aromatic ring is 1. The van der Waals surface area contributed by atoms with Crippen LogP contribution in [0.3, 0.4) is 0 Å². The summed E-state index contributed by atoms with van der Waals surface area (Å²) in [6, 6.07) is 0. The van der Waals surface area contributed by atoms with Crippen molar-refractivity contribution in [1.82, 2.24) is 4.57 Å². The van der Waals surface area contributed by atoms with Gasteiger partial charge in [-0.15, -0.1) is 0 Å². The minimum absolute atomic E-state index is 0.166. The molecular weight excluding hydrogens is 172 g/mol. The molecule has 2 nitrogen and oxygen atoms in total. The number of hydrogen-bond donors (Lipinski definition) is 1. The lowest BCUT2D eigenvalue weighted by atomic mass is 9.96. The molecule has 0 radical (unpaired) electrons. The maximum absolute atomic E-state index is 6.04. The second-order valence-electron chi connectivity index (χ2n) is 5.26. The molecule has 0 saturated heterocycles. The Kier molecular flexibility index (Phi) is 2.09. The average molecular weight is 192 g/mol. The van der Waals surface area contributed by atoms with E-state index in [-0.39, 0.29) is 5.54 Å². The molecule has 1 aliphatic rings. The van der Waals surface area contributed by atoms with Gasteiger partial charge in [-0.2, -0.15) is 0 Å². The largest absolute Gasteiger partial charge is 0.397 e. The molecule has 2 heteroatoms. The Hall–Kier alpha value is -0.920. The van der Waals surface area contributed by atoms with Gasteiger partial charge in [-0.05, 0) is 52.0 Å². The number of hydrogen-bond acceptors (Lipinski definition) is 1. The summed E-state index contributed by atoms with van der Waals surface area (Å²) < 4.78 is 2.36. The molecule has 0 spiro atoms. The van der Waals surface area contributed by atoms with Gasteiger partial charge in [0.15, 0.2) is 0 Å². The first kappa shape index (κ1) is 9.63. The van der Waals surface area contributed by atoms with E-state index in [1.165, 1.54) is 36.9 Å². The molecular formula is C12H20N2. The summed E-state index contributed by atoms with van der Waals surface area (Å²) in [6.07, 6.45) is 7.10. The minimum atomic E-state index is 0.166. The van der Waals surface area contributed by atoms with E-state index < -0.39 is 0 Å². The first-order valence-electron chi connectivity index (χ1n) is 5.49. The molecule has 0 unspecified atom stereocenters. The quantitative estimate of drug-likeness (QED) is 0.673. The van der Waals surface area contributed by atoms with Crippen molar-refractivity contribution in [3.05, 3.63) is 17.5 Å². The SMILES string of the molecule is CC(C)(C)n1cc(N)c2c1CCCC2. The van der Waals surface area contributed by atoms with Gasteiger partial charge >= 0.3 is 0 Å². The third-order valence-electron chi connectivity index (χ3n) is 3.07. The van der Waals surface area contributed by atoms with Crippen LogP contribution < -0.4 is 5.73 Å². The van der Waals surface area contributed by atoms with Gasteiger partial charge in [0.05, 0.1) is 5.69 Å². The predicted molar refractivity (Wildman–Crippen MR) is 60.5 cm³/mol. The number of rotatable bonds is 0. The van der Waals surface area contributed by atoms with Crippen LogP contribution in [0.15, 0.2) is 6.20 Å². The van der Waals surface area contributed by atoms with E-state index >= 15 is 0 Å². The molecule has 1 aromatic heterocycles. The van der Waals surface area contributed by atoms with Crippen LogP contribution in [0.1, 0.15) is 44.9 Å². The molecule has 0 amide bonds. The predicted octanol–water partition coefficient (Wildman–Crippen LogP) is 2.70. The molecule has 0 fully saturated rings. The van der Waals surface area contributed by atoms with Gasteiger partial charge in [-0.3, -0.25) is 0 Å². The molecule has 2 N–H and O–H groups in total. The standard InChI is InChI=1S/C12H20N2/c1-12(2,3)14-8-10(13)9-6-4-5-7-11(9)14/h8H,4-7,13H2,1-3H3. The fraction of sp³-hybridized carbons (Fsp3) is 0.667. The van der Waals surface area contributed by atoms with Crippen molar-refractivity contribution in [2.24, 2.45) is 0 Å². The molecule has 1 aromatic rings. The number of anilines is 1. The molecule has 14 heavy (non-hydrogen) atoms. The number of aromatic nitrogens is 1. The van der Waals surface area contributed by atoms with Crippen molar-refractivity contribution in [1.29, 1.82) is 0 Å². The van der Waals surface area contributed by atoms with E-state index in [1.54, 1.807) is 0 Å². The zero-order valence-corrected chi connectivity index (χ0v) is 9.43. The van der Waals surface area contributed by atoms with Crippen molar-refractivity contribution in [2.45, 2.75) is 52.0 Å². The minimum Gasteiger partial charge on any atom is -0.397 e. The Balaban J connectivity index is 2.52. The van der Waals surface area contributed by atoms with Gasteiger partial charge in [-0.1, -0.05) is 0 Å². The first-order valence-corrected chi connectivity index (χ1v) is 5.49. The van der Waals surface area contributed by atoms with Crippen LogP contribution in [0.25, 0.3) is 0 Å². The Morgan fingerprint density at radius 3 is 2.50 bits per heavy atom. The number of nitrogens with two attached hydrogens (primary N) is 1. The maximum atomic E-state index is 6.04. The average Bonchev–Trinajstić information content (AvgIpc) is 2.44. The summed E-state index contributed by atoms with van der Waals surface area (Å²) in [4.78, 5) is 0. The van der Waals surface area contributed by atoms with Crippen LogP contribution in [0.5, 0.6) is 0 Å². The molecule has 0 aromatic carbocycles. The van der Waals surface area contributed by atoms with E-state index in [9.17, 15) is 0 Å². The van der Waals surface area contributed by atoms with E-state index in [0.717, 1.165) is 5.69 Å². The molecule has 0 aliphatic heterocycles. The molecule has 0 bridgehead atoms. The van der Waals surface area contributed by atoms with Crippen molar-refractivity contribution in [3.8, 4) is 0 Å². The third kappa shape index (κ3) is 1.43. The number of fused-ring (bicyclic) bond motifs is 1. The number of nitrogens with zero attached hydrogens (tertiary/aromatic N) is 1. The van der Waals surface area contributed by atoms with Gasteiger partial charge in [0.1, 0.15) is 0 Å². The Bertz CT molecular complexity index is 342. The van der Waals surface area contributed by atoms with Crippen LogP contribution in [-0.4, -0.2) is 4.57 Å². The van der Waals surface area contributed by atoms with Crippen molar-refractivity contribution in [2.75, 3.05) is 5.73 Å². The monoisotopic (exact) mass is 192 g/mol. The van der Waals surface area contributed by atoms with Crippen molar-refractivity contribution >= 4 is 5.69 Å². The molecule has 1 heterocycles. The maximum Gasteiger partial charge on any atom is 0.0529 e. The fourth-order valence-electron chi connectivity index (χ4n) is 2.36. The van der Waals surface area contributed by atoms with Crippen LogP contribution in [0.4, 0.5) is 5.69 Å². The van der Waals surface area contributed by atoms with Crippen LogP contribution in [0.2, 0.25) is 0 Å². The van der Waals surface area contributed by atoms with Gasteiger partial charge < -0.3 is 10.3 Å². The van der Waals surface area contributed by atoms with Crippen LogP contribution >= 0.6 is 0 Å². The Morgan fingerprint density at radius 1 is 1.21 bits per heavy atom. The second-order valence-corrected chi connectivity index (χ2v) is 5.26. The second kappa shape index (κ2) is 3.04. The van der Waals surface area contributed by atoms with Gasteiger partial charge in [-0.25, -0.2) is 0 Å². The van der Waals surface area contributed by atoms with Crippen LogP contribution in [0, 0.1) is 0 Å². The fourth-order valence-corrected chi connectivity index (χ4v) is 2.36. The van der Waals surface area contributed by atoms with Crippen molar-refractivity contribution < 1.29 is 0 Å². The lowest BCUT2D eigenvalue weighted by molar-refractivity contribution is 0.380. The highest BCUT2D eigenvalue weighted by Gasteiger charge is 2.23. The molecule has 1 aliphatic carbocycles. The van der Waals surface area contributed by atoms with Gasteiger partial charge in [0, 0.05) is 17.4 Å². The Labute approximate surface area is 86.1 Å². The summed E-state index contributed by atoms with van der Waals surface area (Å²) in [5, 5.41) is 0. The Morgan fingerprint density at radius 2 is 1.86 bits per heavy atom. The zero-order valence-electron chi connectivity index (χ0n) is 9.43. The summed E-state index contributed by atoms with van der Waals surface area (Å²) in [6.45, 7) is 6.71. The molecule has 78 valence electrons. The van der Waals surface area contributed by atoms with E-state index in [4.69, 9.17) is 5.73 Å². The van der Waals surface area contributed by atoms with Crippen LogP contribution in [-0.2, 0) is 18.4 Å². The van der Waals surface area contributed by atoms with E-state index in [0.29, 0.717) is 0 Å². The topological polar surface area (TPSA) is 30.9 Å². The molecule has 2 rings (SSSR count). The van der Waals surface area contributed by atoms with Gasteiger partial charge in [0.2, 0.25) is 0 Å². The van der Waals surface area contributed by atoms with Gasteiger partial charge in [0.25, 0.3) is 0 Å². The van der Waals surface area contributed by atoms with E-state index in [2.05, 4.69) is 31.5 Å². The summed E-state index contributed by atoms with van der Waals surface area (Å²) in [7, 11) is 0.